The minimum absolute atomic E-state index is 0.00666. The van der Waals surface area contributed by atoms with E-state index >= 15 is 0 Å². The molecule has 3 rings (SSSR count). The van der Waals surface area contributed by atoms with Crippen LogP contribution in [0.2, 0.25) is 0 Å². The van der Waals surface area contributed by atoms with Crippen LogP contribution in [0.4, 0.5) is 0 Å². The van der Waals surface area contributed by atoms with Gasteiger partial charge < -0.3 is 9.52 Å². The lowest BCUT2D eigenvalue weighted by Gasteiger charge is -2.02. The third kappa shape index (κ3) is 3.69. The van der Waals surface area contributed by atoms with Gasteiger partial charge in [0, 0.05) is 23.6 Å². The molecule has 8 nitrogen and oxygen atoms in total. The van der Waals surface area contributed by atoms with Gasteiger partial charge in [0.25, 0.3) is 0 Å². The summed E-state index contributed by atoms with van der Waals surface area (Å²) in [6.45, 7) is 1.50. The molecule has 25 heavy (non-hydrogen) atoms. The monoisotopic (exact) mass is 338 g/mol. The van der Waals surface area contributed by atoms with Crippen molar-refractivity contribution in [2.24, 2.45) is 0 Å². The predicted molar refractivity (Wildman–Crippen MR) is 87.1 cm³/mol. The van der Waals surface area contributed by atoms with Crippen LogP contribution in [-0.2, 0) is 6.42 Å². The number of Topliss-reactive ketones (excluding diaryl/α,β-unsaturated/α-hetero) is 1. The topological polar surface area (TPSA) is 122 Å². The van der Waals surface area contributed by atoms with Crippen LogP contribution in [0.15, 0.2) is 47.3 Å². The number of rotatable bonds is 6. The van der Waals surface area contributed by atoms with Crippen molar-refractivity contribution in [1.82, 2.24) is 20.6 Å². The summed E-state index contributed by atoms with van der Waals surface area (Å²) in [4.78, 5) is 23.6. The molecule has 2 N–H and O–H groups in total. The first-order chi connectivity index (χ1) is 12.0. The number of ketones is 2. The standard InChI is InChI=1S/C17H14N4O4/c1-10(22)12-4-2-11(3-5-12)6-13-8-25-9-14(13)15(23)7-16(24)17-18-20-21-19-17/h2-5,7-9,24H,6H2,1H3,(H,18,19,20,21). The fraction of sp³-hybridized carbons (Fsp3) is 0.118. The Kier molecular flexibility index (Phi) is 4.51. The summed E-state index contributed by atoms with van der Waals surface area (Å²) in [5.41, 5.74) is 2.54. The Morgan fingerprint density at radius 2 is 2.00 bits per heavy atom. The molecule has 3 aromatic rings. The van der Waals surface area contributed by atoms with Gasteiger partial charge in [-0.2, -0.15) is 5.21 Å². The number of carbonyl (C=O) groups is 2. The number of hydrogen-bond acceptors (Lipinski definition) is 7. The van der Waals surface area contributed by atoms with Gasteiger partial charge in [0.15, 0.2) is 17.3 Å². The molecule has 8 heteroatoms. The summed E-state index contributed by atoms with van der Waals surface area (Å²) in [6.07, 6.45) is 4.26. The molecular weight excluding hydrogens is 324 g/mol. The van der Waals surface area contributed by atoms with E-state index in [2.05, 4.69) is 20.6 Å². The minimum Gasteiger partial charge on any atom is -0.504 e. The number of hydrogen-bond donors (Lipinski definition) is 2. The number of aliphatic hydroxyl groups excluding tert-OH is 1. The highest BCUT2D eigenvalue weighted by Crippen LogP contribution is 2.18. The van der Waals surface area contributed by atoms with Crippen LogP contribution < -0.4 is 0 Å². The van der Waals surface area contributed by atoms with Crippen molar-refractivity contribution in [3.8, 4) is 0 Å². The van der Waals surface area contributed by atoms with Crippen molar-refractivity contribution in [3.05, 3.63) is 70.9 Å². The molecule has 126 valence electrons. The minimum atomic E-state index is -0.439. The van der Waals surface area contributed by atoms with E-state index in [0.29, 0.717) is 23.1 Å². The Morgan fingerprint density at radius 1 is 1.24 bits per heavy atom. The maximum Gasteiger partial charge on any atom is 0.239 e. The maximum absolute atomic E-state index is 12.3. The van der Waals surface area contributed by atoms with Gasteiger partial charge in [-0.1, -0.05) is 24.3 Å². The third-order valence-electron chi connectivity index (χ3n) is 3.60. The van der Waals surface area contributed by atoms with Crippen molar-refractivity contribution >= 4 is 17.3 Å². The molecule has 0 aliphatic heterocycles. The zero-order valence-corrected chi connectivity index (χ0v) is 13.3. The smallest absolute Gasteiger partial charge is 0.239 e. The Hall–Kier alpha value is -3.55. The SMILES string of the molecule is CC(=O)c1ccc(Cc2cocc2C(=O)C=C(O)c2nn[nH]n2)cc1. The Morgan fingerprint density at radius 3 is 2.64 bits per heavy atom. The molecular formula is C17H14N4O4. The van der Waals surface area contributed by atoms with Crippen LogP contribution in [0.3, 0.4) is 0 Å². The van der Waals surface area contributed by atoms with E-state index in [9.17, 15) is 14.7 Å². The van der Waals surface area contributed by atoms with Gasteiger partial charge in [0.1, 0.15) is 6.26 Å². The zero-order valence-electron chi connectivity index (χ0n) is 13.3. The van der Waals surface area contributed by atoms with Gasteiger partial charge in [-0.05, 0) is 17.7 Å². The van der Waals surface area contributed by atoms with Crippen molar-refractivity contribution in [3.63, 3.8) is 0 Å². The summed E-state index contributed by atoms with van der Waals surface area (Å²) in [5, 5.41) is 22.5. The average Bonchev–Trinajstić information content (AvgIpc) is 3.27. The number of tetrazole rings is 1. The number of carbonyl (C=O) groups excluding carboxylic acids is 2. The van der Waals surface area contributed by atoms with Crippen molar-refractivity contribution < 1.29 is 19.1 Å². The summed E-state index contributed by atoms with van der Waals surface area (Å²) in [7, 11) is 0. The van der Waals surface area contributed by atoms with E-state index in [4.69, 9.17) is 4.42 Å². The highest BCUT2D eigenvalue weighted by atomic mass is 16.3. The molecule has 0 aliphatic rings. The number of aliphatic hydroxyl groups is 1. The average molecular weight is 338 g/mol. The Balaban J connectivity index is 1.79. The second-order valence-corrected chi connectivity index (χ2v) is 5.37. The normalized spacial score (nSPS) is 11.5. The summed E-state index contributed by atoms with van der Waals surface area (Å²) in [5.74, 6) is -0.908. The second-order valence-electron chi connectivity index (χ2n) is 5.37. The molecule has 0 saturated heterocycles. The Bertz CT molecular complexity index is 924. The molecule has 2 aromatic heterocycles. The molecule has 1 aromatic carbocycles. The largest absolute Gasteiger partial charge is 0.504 e. The van der Waals surface area contributed by atoms with Crippen molar-refractivity contribution in [1.29, 1.82) is 0 Å². The van der Waals surface area contributed by atoms with Crippen LogP contribution in [0, 0.1) is 0 Å². The first-order valence-electron chi connectivity index (χ1n) is 7.38. The molecule has 0 fully saturated rings. The van der Waals surface area contributed by atoms with Gasteiger partial charge in [-0.15, -0.1) is 10.2 Å². The van der Waals surface area contributed by atoms with Crippen LogP contribution in [0.5, 0.6) is 0 Å². The van der Waals surface area contributed by atoms with Gasteiger partial charge in [-0.25, -0.2) is 0 Å². The van der Waals surface area contributed by atoms with Crippen LogP contribution in [0.1, 0.15) is 44.6 Å². The molecule has 0 spiro atoms. The molecule has 0 amide bonds. The molecule has 0 bridgehead atoms. The predicted octanol–water partition coefficient (Wildman–Crippen LogP) is 2.37. The van der Waals surface area contributed by atoms with E-state index in [1.54, 1.807) is 12.1 Å². The fourth-order valence-electron chi connectivity index (χ4n) is 2.29. The number of nitrogens with one attached hydrogen (secondary N) is 1. The maximum atomic E-state index is 12.3. The van der Waals surface area contributed by atoms with E-state index in [-0.39, 0.29) is 11.6 Å². The van der Waals surface area contributed by atoms with Crippen LogP contribution in [-0.4, -0.2) is 37.3 Å². The fourth-order valence-corrected chi connectivity index (χ4v) is 2.29. The first-order valence-corrected chi connectivity index (χ1v) is 7.38. The number of nitrogens with zero attached hydrogens (tertiary/aromatic N) is 3. The molecule has 0 saturated carbocycles. The lowest BCUT2D eigenvalue weighted by atomic mass is 10.00. The van der Waals surface area contributed by atoms with Crippen LogP contribution in [0.25, 0.3) is 5.76 Å². The highest BCUT2D eigenvalue weighted by Gasteiger charge is 2.15. The van der Waals surface area contributed by atoms with Gasteiger partial charge in [-0.3, -0.25) is 9.59 Å². The van der Waals surface area contributed by atoms with Crippen LogP contribution >= 0.6 is 0 Å². The summed E-state index contributed by atoms with van der Waals surface area (Å²) in [6, 6.07) is 7.12. The number of benzene rings is 1. The van der Waals surface area contributed by atoms with E-state index in [0.717, 1.165) is 11.6 Å². The van der Waals surface area contributed by atoms with Gasteiger partial charge in [0.05, 0.1) is 11.8 Å². The molecule has 2 heterocycles. The van der Waals surface area contributed by atoms with E-state index in [1.807, 2.05) is 12.1 Å². The molecule has 0 aliphatic carbocycles. The summed E-state index contributed by atoms with van der Waals surface area (Å²) < 4.78 is 5.14. The van der Waals surface area contributed by atoms with Crippen molar-refractivity contribution in [2.75, 3.05) is 0 Å². The number of furan rings is 1. The summed E-state index contributed by atoms with van der Waals surface area (Å²) >= 11 is 0. The number of allylic oxidation sites excluding steroid dienone is 1. The quantitative estimate of drug-likeness (QED) is 0.402. The van der Waals surface area contributed by atoms with Gasteiger partial charge >= 0.3 is 0 Å². The lowest BCUT2D eigenvalue weighted by Crippen LogP contribution is -2.01. The molecule has 0 atom stereocenters. The lowest BCUT2D eigenvalue weighted by molar-refractivity contribution is 0.101. The molecule has 0 unspecified atom stereocenters. The highest BCUT2D eigenvalue weighted by molar-refractivity contribution is 6.08. The van der Waals surface area contributed by atoms with Crippen molar-refractivity contribution in [2.45, 2.75) is 13.3 Å². The third-order valence-corrected chi connectivity index (χ3v) is 3.60. The van der Waals surface area contributed by atoms with Gasteiger partial charge in [0.2, 0.25) is 5.82 Å². The zero-order chi connectivity index (χ0) is 17.8. The number of aromatic nitrogens is 4. The molecule has 0 radical (unpaired) electrons. The number of H-pyrrole nitrogens is 1. The number of aromatic amines is 1. The van der Waals surface area contributed by atoms with E-state index in [1.165, 1.54) is 19.5 Å². The van der Waals surface area contributed by atoms with E-state index < -0.39 is 11.5 Å². The second kappa shape index (κ2) is 6.91. The first kappa shape index (κ1) is 16.3. The Labute approximate surface area is 142 Å².